The van der Waals surface area contributed by atoms with E-state index in [1.54, 1.807) is 16.8 Å². The Morgan fingerprint density at radius 3 is 2.67 bits per heavy atom. The standard InChI is InChI=1S/C23H25FN6O3/c1-16-21(30(27-26-16)19-5-3-18(24)4-6-19)15-33-22-7-2-17-14-29(9-8-20(17)25-22)23(31)28-10-12-32-13-11-28/h2-7H,8-15H2,1H3. The zero-order valence-corrected chi connectivity index (χ0v) is 18.4. The van der Waals surface area contributed by atoms with Crippen LogP contribution < -0.4 is 4.74 Å². The van der Waals surface area contributed by atoms with Crippen molar-refractivity contribution in [2.24, 2.45) is 0 Å². The predicted molar refractivity (Wildman–Crippen MR) is 117 cm³/mol. The molecule has 9 nitrogen and oxygen atoms in total. The highest BCUT2D eigenvalue weighted by Gasteiger charge is 2.27. The number of hydrogen-bond donors (Lipinski definition) is 0. The molecular formula is C23H25FN6O3. The summed E-state index contributed by atoms with van der Waals surface area (Å²) in [7, 11) is 0. The third kappa shape index (κ3) is 4.51. The number of amides is 2. The first-order valence-corrected chi connectivity index (χ1v) is 11.0. The summed E-state index contributed by atoms with van der Waals surface area (Å²) < 4.78 is 26.2. The molecule has 0 N–H and O–H groups in total. The van der Waals surface area contributed by atoms with Crippen LogP contribution in [0.2, 0.25) is 0 Å². The molecule has 172 valence electrons. The minimum atomic E-state index is -0.308. The normalized spacial score (nSPS) is 15.9. The van der Waals surface area contributed by atoms with Gasteiger partial charge < -0.3 is 19.3 Å². The monoisotopic (exact) mass is 452 g/mol. The number of pyridine rings is 1. The molecule has 0 atom stereocenters. The first kappa shape index (κ1) is 21.3. The van der Waals surface area contributed by atoms with Crippen molar-refractivity contribution in [1.82, 2.24) is 29.8 Å². The molecule has 2 aliphatic heterocycles. The SMILES string of the molecule is Cc1nnn(-c2ccc(F)cc2)c1COc1ccc2c(n1)CCN(C(=O)N1CCOCC1)C2. The van der Waals surface area contributed by atoms with E-state index in [1.165, 1.54) is 12.1 Å². The van der Waals surface area contributed by atoms with E-state index in [-0.39, 0.29) is 18.5 Å². The lowest BCUT2D eigenvalue weighted by atomic mass is 10.1. The van der Waals surface area contributed by atoms with Crippen LogP contribution in [-0.4, -0.2) is 68.7 Å². The molecular weight excluding hydrogens is 427 g/mol. The number of rotatable bonds is 4. The number of fused-ring (bicyclic) bond motifs is 1. The second kappa shape index (κ2) is 9.14. The molecule has 1 saturated heterocycles. The maximum atomic E-state index is 13.3. The van der Waals surface area contributed by atoms with Crippen LogP contribution in [0.1, 0.15) is 22.6 Å². The van der Waals surface area contributed by atoms with Crippen molar-refractivity contribution in [3.8, 4) is 11.6 Å². The van der Waals surface area contributed by atoms with Gasteiger partial charge in [0.05, 0.1) is 30.3 Å². The highest BCUT2D eigenvalue weighted by Crippen LogP contribution is 2.23. The van der Waals surface area contributed by atoms with E-state index >= 15 is 0 Å². The Balaban J connectivity index is 1.26. The van der Waals surface area contributed by atoms with Gasteiger partial charge in [-0.25, -0.2) is 18.9 Å². The molecule has 1 aromatic carbocycles. The molecule has 10 heteroatoms. The number of aryl methyl sites for hydroxylation is 1. The maximum Gasteiger partial charge on any atom is 0.320 e. The van der Waals surface area contributed by atoms with E-state index in [4.69, 9.17) is 9.47 Å². The maximum absolute atomic E-state index is 13.3. The Morgan fingerprint density at radius 2 is 1.88 bits per heavy atom. The van der Waals surface area contributed by atoms with Gasteiger partial charge in [-0.2, -0.15) is 0 Å². The zero-order chi connectivity index (χ0) is 22.8. The van der Waals surface area contributed by atoms with Crippen molar-refractivity contribution in [2.45, 2.75) is 26.5 Å². The number of halogens is 1. The minimum Gasteiger partial charge on any atom is -0.471 e. The van der Waals surface area contributed by atoms with E-state index in [9.17, 15) is 9.18 Å². The lowest BCUT2D eigenvalue weighted by molar-refractivity contribution is 0.0421. The summed E-state index contributed by atoms with van der Waals surface area (Å²) in [5, 5.41) is 8.29. The lowest BCUT2D eigenvalue weighted by Gasteiger charge is -2.35. The highest BCUT2D eigenvalue weighted by atomic mass is 19.1. The fourth-order valence-corrected chi connectivity index (χ4v) is 4.07. The van der Waals surface area contributed by atoms with Crippen LogP contribution in [0.3, 0.4) is 0 Å². The van der Waals surface area contributed by atoms with Gasteiger partial charge in [0, 0.05) is 38.7 Å². The summed E-state index contributed by atoms with van der Waals surface area (Å²) in [4.78, 5) is 21.2. The fraction of sp³-hybridized carbons (Fsp3) is 0.391. The van der Waals surface area contributed by atoms with Crippen molar-refractivity contribution < 1.29 is 18.7 Å². The number of hydrogen-bond acceptors (Lipinski definition) is 6. The van der Waals surface area contributed by atoms with Crippen LogP contribution in [0.15, 0.2) is 36.4 Å². The van der Waals surface area contributed by atoms with E-state index in [0.29, 0.717) is 57.4 Å². The molecule has 0 spiro atoms. The number of morpholine rings is 1. The van der Waals surface area contributed by atoms with Gasteiger partial charge in [-0.05, 0) is 36.8 Å². The summed E-state index contributed by atoms with van der Waals surface area (Å²) in [5.74, 6) is 0.199. The number of carbonyl (C=O) groups excluding carboxylic acids is 1. The smallest absolute Gasteiger partial charge is 0.320 e. The molecule has 0 bridgehead atoms. The van der Waals surface area contributed by atoms with Crippen LogP contribution in [0.5, 0.6) is 5.88 Å². The number of benzene rings is 1. The molecule has 3 aromatic rings. The Morgan fingerprint density at radius 1 is 1.09 bits per heavy atom. The van der Waals surface area contributed by atoms with Crippen molar-refractivity contribution in [1.29, 1.82) is 0 Å². The van der Waals surface area contributed by atoms with E-state index in [0.717, 1.165) is 22.6 Å². The molecule has 0 unspecified atom stereocenters. The Hall–Kier alpha value is -3.53. The summed E-state index contributed by atoms with van der Waals surface area (Å²) in [6.07, 6.45) is 0.677. The van der Waals surface area contributed by atoms with Crippen LogP contribution in [0.25, 0.3) is 5.69 Å². The molecule has 2 aliphatic rings. The quantitative estimate of drug-likeness (QED) is 0.605. The van der Waals surface area contributed by atoms with Gasteiger partial charge in [0.15, 0.2) is 0 Å². The van der Waals surface area contributed by atoms with Crippen molar-refractivity contribution in [3.05, 3.63) is 64.9 Å². The number of ether oxygens (including phenoxy) is 2. The molecule has 0 radical (unpaired) electrons. The van der Waals surface area contributed by atoms with Crippen LogP contribution in [0.4, 0.5) is 9.18 Å². The zero-order valence-electron chi connectivity index (χ0n) is 18.4. The second-order valence-electron chi connectivity index (χ2n) is 8.11. The summed E-state index contributed by atoms with van der Waals surface area (Å²) in [5.41, 5.74) is 4.18. The Kier molecular flexibility index (Phi) is 5.91. The largest absolute Gasteiger partial charge is 0.471 e. The molecule has 33 heavy (non-hydrogen) atoms. The van der Waals surface area contributed by atoms with Crippen LogP contribution >= 0.6 is 0 Å². The molecule has 0 aliphatic carbocycles. The number of urea groups is 1. The van der Waals surface area contributed by atoms with Gasteiger partial charge in [0.25, 0.3) is 0 Å². The fourth-order valence-electron chi connectivity index (χ4n) is 4.07. The third-order valence-electron chi connectivity index (χ3n) is 5.96. The summed E-state index contributed by atoms with van der Waals surface area (Å²) >= 11 is 0. The predicted octanol–water partition coefficient (Wildman–Crippen LogP) is 2.50. The van der Waals surface area contributed by atoms with E-state index < -0.39 is 0 Å². The van der Waals surface area contributed by atoms with Crippen molar-refractivity contribution >= 4 is 6.03 Å². The molecule has 2 amide bonds. The van der Waals surface area contributed by atoms with Crippen LogP contribution in [-0.2, 0) is 24.3 Å². The first-order chi connectivity index (χ1) is 16.1. The summed E-state index contributed by atoms with van der Waals surface area (Å²) in [6, 6.07) is 9.91. The van der Waals surface area contributed by atoms with Crippen molar-refractivity contribution in [3.63, 3.8) is 0 Å². The van der Waals surface area contributed by atoms with E-state index in [1.807, 2.05) is 28.9 Å². The topological polar surface area (TPSA) is 85.6 Å². The van der Waals surface area contributed by atoms with Gasteiger partial charge in [-0.3, -0.25) is 0 Å². The molecule has 0 saturated carbocycles. The average Bonchev–Trinajstić information content (AvgIpc) is 3.23. The first-order valence-electron chi connectivity index (χ1n) is 11.0. The van der Waals surface area contributed by atoms with Gasteiger partial charge in [0.2, 0.25) is 5.88 Å². The Labute approximate surface area is 190 Å². The van der Waals surface area contributed by atoms with Gasteiger partial charge in [-0.1, -0.05) is 11.3 Å². The average molecular weight is 452 g/mol. The Bertz CT molecular complexity index is 1140. The van der Waals surface area contributed by atoms with Crippen LogP contribution in [0, 0.1) is 12.7 Å². The third-order valence-corrected chi connectivity index (χ3v) is 5.96. The molecule has 2 aromatic heterocycles. The minimum absolute atomic E-state index is 0.0568. The van der Waals surface area contributed by atoms with Crippen molar-refractivity contribution in [2.75, 3.05) is 32.8 Å². The second-order valence-corrected chi connectivity index (χ2v) is 8.11. The highest BCUT2D eigenvalue weighted by molar-refractivity contribution is 5.75. The number of carbonyl (C=O) groups is 1. The van der Waals surface area contributed by atoms with Gasteiger partial charge in [0.1, 0.15) is 18.1 Å². The van der Waals surface area contributed by atoms with Gasteiger partial charge >= 0.3 is 6.03 Å². The van der Waals surface area contributed by atoms with E-state index in [2.05, 4.69) is 15.3 Å². The molecule has 1 fully saturated rings. The lowest BCUT2D eigenvalue weighted by Crippen LogP contribution is -2.49. The van der Waals surface area contributed by atoms with Gasteiger partial charge in [-0.15, -0.1) is 5.10 Å². The summed E-state index contributed by atoms with van der Waals surface area (Å²) in [6.45, 7) is 5.70. The number of aromatic nitrogens is 4. The molecule has 5 rings (SSSR count). The number of nitrogens with zero attached hydrogens (tertiary/aromatic N) is 6. The molecule has 4 heterocycles.